The third kappa shape index (κ3) is 8.41. The van der Waals surface area contributed by atoms with Gasteiger partial charge in [-0.1, -0.05) is 110 Å². The maximum absolute atomic E-state index is 12.7. The molecule has 0 saturated carbocycles. The Labute approximate surface area is 211 Å². The Morgan fingerprint density at radius 2 is 0.853 bits per heavy atom. The van der Waals surface area contributed by atoms with Crippen LogP contribution in [-0.4, -0.2) is 23.1 Å². The van der Waals surface area contributed by atoms with Crippen LogP contribution in [0.5, 0.6) is 0 Å². The molecule has 34 heavy (non-hydrogen) atoms. The fourth-order valence-electron chi connectivity index (χ4n) is 4.91. The van der Waals surface area contributed by atoms with Gasteiger partial charge in [-0.2, -0.15) is 0 Å². The molecular formula is C30H56O4. The van der Waals surface area contributed by atoms with Crippen molar-refractivity contribution in [2.45, 2.75) is 135 Å². The largest absolute Gasteiger partial charge is 0.298 e. The third-order valence-corrected chi connectivity index (χ3v) is 6.99. The summed E-state index contributed by atoms with van der Waals surface area (Å²) in [4.78, 5) is 50.1. The summed E-state index contributed by atoms with van der Waals surface area (Å²) in [6, 6.07) is 0. The van der Waals surface area contributed by atoms with Crippen molar-refractivity contribution in [3.8, 4) is 0 Å². The van der Waals surface area contributed by atoms with E-state index in [2.05, 4.69) is 6.92 Å². The summed E-state index contributed by atoms with van der Waals surface area (Å²) in [6.45, 7) is 26.9. The average Bonchev–Trinajstić information content (AvgIpc) is 2.74. The van der Waals surface area contributed by atoms with Crippen LogP contribution in [0.2, 0.25) is 0 Å². The highest BCUT2D eigenvalue weighted by Crippen LogP contribution is 2.40. The van der Waals surface area contributed by atoms with Gasteiger partial charge in [-0.05, 0) is 25.7 Å². The van der Waals surface area contributed by atoms with Crippen LogP contribution in [0.15, 0.2) is 0 Å². The molecule has 0 aromatic heterocycles. The number of ketones is 4. The number of carbonyl (C=O) groups excluding carboxylic acids is 4. The SMILES string of the molecule is CCC(CC)(C(=O)C(C)C)C(=O)C(C)(C)C.CCCCC(CC)(C(=O)C(C)C)C(=O)C(C)(C)C. The van der Waals surface area contributed by atoms with E-state index >= 15 is 0 Å². The summed E-state index contributed by atoms with van der Waals surface area (Å²) in [5.74, 6) is 0.267. The van der Waals surface area contributed by atoms with Gasteiger partial charge >= 0.3 is 0 Å². The van der Waals surface area contributed by atoms with Gasteiger partial charge in [-0.3, -0.25) is 19.2 Å². The Kier molecular flexibility index (Phi) is 14.0. The molecule has 1 unspecified atom stereocenters. The number of rotatable bonds is 12. The van der Waals surface area contributed by atoms with Gasteiger partial charge in [-0.25, -0.2) is 0 Å². The van der Waals surface area contributed by atoms with Crippen LogP contribution in [0.3, 0.4) is 0 Å². The van der Waals surface area contributed by atoms with Crippen molar-refractivity contribution < 1.29 is 19.2 Å². The molecule has 0 aliphatic heterocycles. The predicted molar refractivity (Wildman–Crippen MR) is 144 cm³/mol. The van der Waals surface area contributed by atoms with E-state index in [4.69, 9.17) is 0 Å². The molecule has 4 heteroatoms. The Morgan fingerprint density at radius 3 is 1.09 bits per heavy atom. The molecule has 0 amide bonds. The van der Waals surface area contributed by atoms with Crippen LogP contribution in [0.25, 0.3) is 0 Å². The Balaban J connectivity index is 0. The lowest BCUT2D eigenvalue weighted by Crippen LogP contribution is -2.46. The van der Waals surface area contributed by atoms with Crippen LogP contribution in [-0.2, 0) is 19.2 Å². The van der Waals surface area contributed by atoms with Crippen molar-refractivity contribution in [3.63, 3.8) is 0 Å². The van der Waals surface area contributed by atoms with Gasteiger partial charge in [-0.15, -0.1) is 0 Å². The number of Topliss-reactive ketones (excluding diaryl/α,β-unsaturated/α-hetero) is 4. The highest BCUT2D eigenvalue weighted by molar-refractivity contribution is 6.10. The van der Waals surface area contributed by atoms with Crippen molar-refractivity contribution >= 4 is 23.1 Å². The first kappa shape index (κ1) is 34.8. The number of hydrogen-bond donors (Lipinski definition) is 0. The Morgan fingerprint density at radius 1 is 0.559 bits per heavy atom. The van der Waals surface area contributed by atoms with E-state index in [1.165, 1.54) is 0 Å². The van der Waals surface area contributed by atoms with Gasteiger partial charge in [0.1, 0.15) is 11.6 Å². The summed E-state index contributed by atoms with van der Waals surface area (Å²) >= 11 is 0. The van der Waals surface area contributed by atoms with Gasteiger partial charge in [0, 0.05) is 22.7 Å². The highest BCUT2D eigenvalue weighted by atomic mass is 16.2. The summed E-state index contributed by atoms with van der Waals surface area (Å²) < 4.78 is 0. The van der Waals surface area contributed by atoms with Crippen molar-refractivity contribution in [1.82, 2.24) is 0 Å². The molecule has 0 aromatic rings. The molecule has 0 aliphatic carbocycles. The average molecular weight is 481 g/mol. The Hall–Kier alpha value is -1.32. The molecule has 0 saturated heterocycles. The minimum absolute atomic E-state index is 0.0758. The zero-order chi connectivity index (χ0) is 27.7. The fourth-order valence-corrected chi connectivity index (χ4v) is 4.91. The van der Waals surface area contributed by atoms with Gasteiger partial charge in [0.25, 0.3) is 0 Å². The van der Waals surface area contributed by atoms with Crippen LogP contribution in [0.1, 0.15) is 135 Å². The van der Waals surface area contributed by atoms with E-state index in [1.807, 2.05) is 90.0 Å². The van der Waals surface area contributed by atoms with Crippen LogP contribution >= 0.6 is 0 Å². The van der Waals surface area contributed by atoms with E-state index in [0.29, 0.717) is 25.7 Å². The second-order valence-electron chi connectivity index (χ2n) is 12.5. The first-order valence-electron chi connectivity index (χ1n) is 13.4. The zero-order valence-electron chi connectivity index (χ0n) is 25.0. The molecule has 200 valence electrons. The molecule has 0 fully saturated rings. The lowest BCUT2D eigenvalue weighted by molar-refractivity contribution is -0.149. The molecule has 0 heterocycles. The molecule has 1 atom stereocenters. The van der Waals surface area contributed by atoms with Gasteiger partial charge in [0.05, 0.1) is 10.8 Å². The quantitative estimate of drug-likeness (QED) is 0.265. The predicted octanol–water partition coefficient (Wildman–Crippen LogP) is 8.05. The van der Waals surface area contributed by atoms with Crippen molar-refractivity contribution in [1.29, 1.82) is 0 Å². The molecule has 0 rings (SSSR count). The first-order chi connectivity index (χ1) is 15.3. The second kappa shape index (κ2) is 13.7. The molecule has 0 aliphatic rings. The standard InChI is InChI=1S/C16H30O2.C14H26O2/c1-8-10-11-16(9-2,13(17)12(3)4)14(18)15(5,6)7;1-8-14(9-2,11(15)10(3)4)12(16)13(5,6)7/h12H,8-11H2,1-7H3;10H,8-9H2,1-7H3. The van der Waals surface area contributed by atoms with E-state index in [9.17, 15) is 19.2 Å². The Bertz CT molecular complexity index is 682. The first-order valence-corrected chi connectivity index (χ1v) is 13.4. The summed E-state index contributed by atoms with van der Waals surface area (Å²) in [5.41, 5.74) is -2.43. The molecule has 0 aromatic carbocycles. The molecule has 4 nitrogen and oxygen atoms in total. The van der Waals surface area contributed by atoms with Crippen LogP contribution < -0.4 is 0 Å². The molecule has 0 spiro atoms. The van der Waals surface area contributed by atoms with Gasteiger partial charge < -0.3 is 0 Å². The smallest absolute Gasteiger partial charge is 0.151 e. The van der Waals surface area contributed by atoms with E-state index in [-0.39, 0.29) is 35.0 Å². The lowest BCUT2D eigenvalue weighted by Gasteiger charge is -2.36. The van der Waals surface area contributed by atoms with Crippen LogP contribution in [0, 0.1) is 33.5 Å². The number of carbonyl (C=O) groups is 4. The van der Waals surface area contributed by atoms with Crippen molar-refractivity contribution in [3.05, 3.63) is 0 Å². The van der Waals surface area contributed by atoms with E-state index in [1.54, 1.807) is 0 Å². The minimum atomic E-state index is -0.771. The monoisotopic (exact) mass is 480 g/mol. The fraction of sp³-hybridized carbons (Fsp3) is 0.867. The van der Waals surface area contributed by atoms with Crippen molar-refractivity contribution in [2.24, 2.45) is 33.5 Å². The third-order valence-electron chi connectivity index (χ3n) is 6.99. The molecule has 0 bridgehead atoms. The van der Waals surface area contributed by atoms with Crippen molar-refractivity contribution in [2.75, 3.05) is 0 Å². The highest BCUT2D eigenvalue weighted by Gasteiger charge is 2.48. The zero-order valence-corrected chi connectivity index (χ0v) is 25.0. The van der Waals surface area contributed by atoms with E-state index in [0.717, 1.165) is 12.8 Å². The minimum Gasteiger partial charge on any atom is -0.298 e. The van der Waals surface area contributed by atoms with Crippen LogP contribution in [0.4, 0.5) is 0 Å². The maximum atomic E-state index is 12.7. The lowest BCUT2D eigenvalue weighted by atomic mass is 9.64. The summed E-state index contributed by atoms with van der Waals surface area (Å²) in [7, 11) is 0. The normalized spacial score (nSPS) is 14.4. The number of hydrogen-bond acceptors (Lipinski definition) is 4. The van der Waals surface area contributed by atoms with Gasteiger partial charge in [0.15, 0.2) is 11.6 Å². The maximum Gasteiger partial charge on any atom is 0.151 e. The van der Waals surface area contributed by atoms with E-state index < -0.39 is 21.7 Å². The molecule has 0 radical (unpaired) electrons. The number of unbranched alkanes of at least 4 members (excludes halogenated alkanes) is 1. The van der Waals surface area contributed by atoms with Gasteiger partial charge in [0.2, 0.25) is 0 Å². The topological polar surface area (TPSA) is 68.3 Å². The second-order valence-corrected chi connectivity index (χ2v) is 12.5. The summed E-state index contributed by atoms with van der Waals surface area (Å²) in [5, 5.41) is 0. The summed E-state index contributed by atoms with van der Waals surface area (Å²) in [6.07, 6.45) is 4.50. The molecular weight excluding hydrogens is 424 g/mol. The molecule has 0 N–H and O–H groups in total.